The Kier molecular flexibility index (Phi) is 4.42. The van der Waals surface area contributed by atoms with Gasteiger partial charge in [0.05, 0.1) is 4.92 Å². The van der Waals surface area contributed by atoms with Gasteiger partial charge >= 0.3 is 0 Å². The number of carbonyl (C=O) groups excluding carboxylic acids is 1. The lowest BCUT2D eigenvalue weighted by Crippen LogP contribution is -2.18. The molecule has 6 nitrogen and oxygen atoms in total. The van der Waals surface area contributed by atoms with Gasteiger partial charge in [-0.3, -0.25) is 14.9 Å². The van der Waals surface area contributed by atoms with Crippen molar-refractivity contribution < 1.29 is 9.72 Å². The van der Waals surface area contributed by atoms with Crippen molar-refractivity contribution in [3.63, 3.8) is 0 Å². The van der Waals surface area contributed by atoms with Crippen LogP contribution in [0.5, 0.6) is 0 Å². The molecule has 0 bridgehead atoms. The zero-order valence-corrected chi connectivity index (χ0v) is 13.1. The summed E-state index contributed by atoms with van der Waals surface area (Å²) in [4.78, 5) is 22.8. The van der Waals surface area contributed by atoms with Gasteiger partial charge in [0.2, 0.25) is 0 Å². The SMILES string of the molecule is CC(C)n1cc(Br)cc1C(=O)Nc1ccccc1[N+](=O)[O-]. The van der Waals surface area contributed by atoms with Gasteiger partial charge in [-0.05, 0) is 41.9 Å². The van der Waals surface area contributed by atoms with Crippen LogP contribution in [0, 0.1) is 10.1 Å². The first-order valence-corrected chi connectivity index (χ1v) is 7.11. The van der Waals surface area contributed by atoms with Crippen molar-refractivity contribution in [3.8, 4) is 0 Å². The van der Waals surface area contributed by atoms with E-state index in [-0.39, 0.29) is 23.3 Å². The van der Waals surface area contributed by atoms with Crippen LogP contribution < -0.4 is 5.32 Å². The van der Waals surface area contributed by atoms with Gasteiger partial charge in [-0.25, -0.2) is 0 Å². The minimum absolute atomic E-state index is 0.0998. The Morgan fingerprint density at radius 2 is 2.05 bits per heavy atom. The fourth-order valence-electron chi connectivity index (χ4n) is 1.98. The van der Waals surface area contributed by atoms with Gasteiger partial charge in [0, 0.05) is 22.8 Å². The molecule has 1 heterocycles. The Hall–Kier alpha value is -2.15. The number of hydrogen-bond acceptors (Lipinski definition) is 3. The van der Waals surface area contributed by atoms with Crippen molar-refractivity contribution in [2.45, 2.75) is 19.9 Å². The lowest BCUT2D eigenvalue weighted by atomic mass is 10.2. The zero-order valence-electron chi connectivity index (χ0n) is 11.5. The Morgan fingerprint density at radius 1 is 1.38 bits per heavy atom. The molecular formula is C14H14BrN3O3. The fraction of sp³-hybridized carbons (Fsp3) is 0.214. The first kappa shape index (κ1) is 15.2. The molecule has 0 fully saturated rings. The molecule has 2 aromatic rings. The van der Waals surface area contributed by atoms with Gasteiger partial charge in [0.15, 0.2) is 0 Å². The summed E-state index contributed by atoms with van der Waals surface area (Å²) >= 11 is 3.33. The molecule has 1 aromatic carbocycles. The molecule has 1 amide bonds. The largest absolute Gasteiger partial charge is 0.340 e. The van der Waals surface area contributed by atoms with Crippen molar-refractivity contribution in [2.24, 2.45) is 0 Å². The number of nitro groups is 1. The third kappa shape index (κ3) is 3.30. The third-order valence-corrected chi connectivity index (χ3v) is 3.39. The van der Waals surface area contributed by atoms with Gasteiger partial charge in [0.1, 0.15) is 11.4 Å². The van der Waals surface area contributed by atoms with Crippen molar-refractivity contribution >= 4 is 33.2 Å². The number of nitrogens with one attached hydrogen (secondary N) is 1. The topological polar surface area (TPSA) is 77.2 Å². The smallest absolute Gasteiger partial charge is 0.292 e. The molecule has 0 saturated heterocycles. The van der Waals surface area contributed by atoms with E-state index in [0.29, 0.717) is 5.69 Å². The third-order valence-electron chi connectivity index (χ3n) is 2.95. The molecule has 110 valence electrons. The summed E-state index contributed by atoms with van der Waals surface area (Å²) in [5.41, 5.74) is 0.489. The molecule has 21 heavy (non-hydrogen) atoms. The normalized spacial score (nSPS) is 10.7. The van der Waals surface area contributed by atoms with E-state index in [2.05, 4.69) is 21.2 Å². The quantitative estimate of drug-likeness (QED) is 0.668. The molecule has 0 aliphatic carbocycles. The average molecular weight is 352 g/mol. The predicted octanol–water partition coefficient (Wildman–Crippen LogP) is 3.99. The van der Waals surface area contributed by atoms with E-state index >= 15 is 0 Å². The van der Waals surface area contributed by atoms with Crippen LogP contribution in [0.25, 0.3) is 0 Å². The molecule has 0 atom stereocenters. The number of aromatic nitrogens is 1. The summed E-state index contributed by atoms with van der Waals surface area (Å²) in [5, 5.41) is 13.6. The second-order valence-corrected chi connectivity index (χ2v) is 5.69. The highest BCUT2D eigenvalue weighted by molar-refractivity contribution is 9.10. The number of anilines is 1. The minimum Gasteiger partial charge on any atom is -0.340 e. The fourth-order valence-corrected chi connectivity index (χ4v) is 2.42. The van der Waals surface area contributed by atoms with Crippen molar-refractivity contribution in [3.05, 3.63) is 56.8 Å². The first-order chi connectivity index (χ1) is 9.90. The molecule has 1 N–H and O–H groups in total. The van der Waals surface area contributed by atoms with Gasteiger partial charge in [-0.15, -0.1) is 0 Å². The number of para-hydroxylation sites is 2. The summed E-state index contributed by atoms with van der Waals surface area (Å²) in [7, 11) is 0. The maximum Gasteiger partial charge on any atom is 0.292 e. The average Bonchev–Trinajstić information content (AvgIpc) is 2.81. The first-order valence-electron chi connectivity index (χ1n) is 6.32. The van der Waals surface area contributed by atoms with Crippen LogP contribution in [0.4, 0.5) is 11.4 Å². The van der Waals surface area contributed by atoms with Crippen molar-refractivity contribution in [1.29, 1.82) is 0 Å². The monoisotopic (exact) mass is 351 g/mol. The number of amides is 1. The van der Waals surface area contributed by atoms with E-state index < -0.39 is 4.92 Å². The van der Waals surface area contributed by atoms with E-state index in [4.69, 9.17) is 0 Å². The predicted molar refractivity (Wildman–Crippen MR) is 83.6 cm³/mol. The second kappa shape index (κ2) is 6.09. The van der Waals surface area contributed by atoms with Crippen molar-refractivity contribution in [2.75, 3.05) is 5.32 Å². The molecule has 1 aromatic heterocycles. The number of carbonyl (C=O) groups is 1. The van der Waals surface area contributed by atoms with Crippen LogP contribution in [0.1, 0.15) is 30.4 Å². The Labute approximate surface area is 130 Å². The van der Waals surface area contributed by atoms with E-state index in [1.165, 1.54) is 12.1 Å². The highest BCUT2D eigenvalue weighted by Gasteiger charge is 2.19. The minimum atomic E-state index is -0.521. The van der Waals surface area contributed by atoms with Gasteiger partial charge in [0.25, 0.3) is 11.6 Å². The number of halogens is 1. The molecule has 0 saturated carbocycles. The highest BCUT2D eigenvalue weighted by atomic mass is 79.9. The molecule has 0 aliphatic heterocycles. The van der Waals surface area contributed by atoms with Gasteiger partial charge in [-0.1, -0.05) is 12.1 Å². The van der Waals surface area contributed by atoms with Crippen LogP contribution in [-0.2, 0) is 0 Å². The number of nitro benzene ring substituents is 1. The summed E-state index contributed by atoms with van der Waals surface area (Å²) < 4.78 is 2.58. The van der Waals surface area contributed by atoms with Crippen LogP contribution in [-0.4, -0.2) is 15.4 Å². The summed E-state index contributed by atoms with van der Waals surface area (Å²) in [6, 6.07) is 7.84. The number of rotatable bonds is 4. The van der Waals surface area contributed by atoms with E-state index in [1.807, 2.05) is 13.8 Å². The highest BCUT2D eigenvalue weighted by Crippen LogP contribution is 2.25. The molecule has 0 aliphatic rings. The van der Waals surface area contributed by atoms with Crippen LogP contribution in [0.2, 0.25) is 0 Å². The Balaban J connectivity index is 2.33. The van der Waals surface area contributed by atoms with Gasteiger partial charge in [-0.2, -0.15) is 0 Å². The Bertz CT molecular complexity index is 695. The standard InChI is InChI=1S/C14H14BrN3O3/c1-9(2)17-8-10(15)7-13(17)14(19)16-11-5-3-4-6-12(11)18(20)21/h3-9H,1-2H3,(H,16,19). The molecular weight excluding hydrogens is 338 g/mol. The molecule has 7 heteroatoms. The van der Waals surface area contributed by atoms with E-state index in [9.17, 15) is 14.9 Å². The molecule has 0 spiro atoms. The lowest BCUT2D eigenvalue weighted by Gasteiger charge is -2.12. The Morgan fingerprint density at radius 3 is 2.67 bits per heavy atom. The van der Waals surface area contributed by atoms with Gasteiger partial charge < -0.3 is 9.88 Å². The number of nitrogens with zero attached hydrogens (tertiary/aromatic N) is 2. The molecule has 0 unspecified atom stereocenters. The van der Waals surface area contributed by atoms with E-state index in [1.54, 1.807) is 29.0 Å². The zero-order chi connectivity index (χ0) is 15.6. The van der Waals surface area contributed by atoms with E-state index in [0.717, 1.165) is 4.47 Å². The van der Waals surface area contributed by atoms with Crippen molar-refractivity contribution in [1.82, 2.24) is 4.57 Å². The molecule has 0 radical (unpaired) electrons. The summed E-state index contributed by atoms with van der Waals surface area (Å²) in [6.45, 7) is 3.91. The van der Waals surface area contributed by atoms with Crippen LogP contribution in [0.15, 0.2) is 41.0 Å². The summed E-state index contributed by atoms with van der Waals surface area (Å²) in [6.07, 6.45) is 1.80. The maximum atomic E-state index is 12.4. The number of hydrogen-bond donors (Lipinski definition) is 1. The lowest BCUT2D eigenvalue weighted by molar-refractivity contribution is -0.383. The number of benzene rings is 1. The maximum absolute atomic E-state index is 12.4. The van der Waals surface area contributed by atoms with Crippen LogP contribution in [0.3, 0.4) is 0 Å². The molecule has 2 rings (SSSR count). The second-order valence-electron chi connectivity index (χ2n) is 4.77. The summed E-state index contributed by atoms with van der Waals surface area (Å²) in [5.74, 6) is -0.385. The van der Waals surface area contributed by atoms with Crippen LogP contribution >= 0.6 is 15.9 Å².